The van der Waals surface area contributed by atoms with Crippen LogP contribution < -0.4 is 5.32 Å². The summed E-state index contributed by atoms with van der Waals surface area (Å²) >= 11 is 0. The maximum absolute atomic E-state index is 13.9. The van der Waals surface area contributed by atoms with E-state index in [9.17, 15) is 9.18 Å². The Morgan fingerprint density at radius 3 is 3.00 bits per heavy atom. The first-order chi connectivity index (χ1) is 11.6. The summed E-state index contributed by atoms with van der Waals surface area (Å²) in [5.41, 5.74) is 0.997. The fourth-order valence-electron chi connectivity index (χ4n) is 2.38. The van der Waals surface area contributed by atoms with Gasteiger partial charge in [-0.3, -0.25) is 14.6 Å². The van der Waals surface area contributed by atoms with Crippen molar-refractivity contribution in [1.29, 1.82) is 0 Å². The van der Waals surface area contributed by atoms with E-state index in [2.05, 4.69) is 25.6 Å². The molecule has 124 valence electrons. The van der Waals surface area contributed by atoms with Crippen LogP contribution in [0.2, 0.25) is 0 Å². The number of carbonyl (C=O) groups is 1. The molecule has 0 fully saturated rings. The molecule has 0 unspecified atom stereocenters. The van der Waals surface area contributed by atoms with Gasteiger partial charge in [0.05, 0.1) is 17.5 Å². The number of aromatic nitrogens is 5. The summed E-state index contributed by atoms with van der Waals surface area (Å²) in [5.74, 6) is -0.705. The van der Waals surface area contributed by atoms with Crippen LogP contribution in [0.4, 0.5) is 4.39 Å². The van der Waals surface area contributed by atoms with E-state index in [-0.39, 0.29) is 11.9 Å². The number of aromatic amines is 1. The first kappa shape index (κ1) is 15.9. The largest absolute Gasteiger partial charge is 0.349 e. The minimum atomic E-state index is -0.407. The smallest absolute Gasteiger partial charge is 0.255 e. The van der Waals surface area contributed by atoms with E-state index in [1.807, 2.05) is 6.92 Å². The van der Waals surface area contributed by atoms with Crippen molar-refractivity contribution in [2.24, 2.45) is 0 Å². The summed E-state index contributed by atoms with van der Waals surface area (Å²) in [7, 11) is 0. The Morgan fingerprint density at radius 1 is 1.42 bits per heavy atom. The molecule has 3 rings (SSSR count). The molecule has 0 aliphatic heterocycles. The maximum atomic E-state index is 13.9. The van der Waals surface area contributed by atoms with Crippen LogP contribution in [0.3, 0.4) is 0 Å². The fraction of sp³-hybridized carbons (Fsp3) is 0.250. The molecule has 3 aromatic rings. The van der Waals surface area contributed by atoms with E-state index < -0.39 is 5.82 Å². The van der Waals surface area contributed by atoms with E-state index in [1.54, 1.807) is 29.2 Å². The molecule has 0 aliphatic carbocycles. The van der Waals surface area contributed by atoms with Crippen molar-refractivity contribution >= 4 is 5.91 Å². The average Bonchev–Trinajstić information content (AvgIpc) is 3.25. The quantitative estimate of drug-likeness (QED) is 0.724. The maximum Gasteiger partial charge on any atom is 0.255 e. The van der Waals surface area contributed by atoms with Crippen LogP contribution in [0.5, 0.6) is 0 Å². The Kier molecular flexibility index (Phi) is 4.64. The highest BCUT2D eigenvalue weighted by atomic mass is 19.1. The van der Waals surface area contributed by atoms with Gasteiger partial charge in [0, 0.05) is 18.2 Å². The number of carbonyl (C=O) groups excluding carboxylic acids is 1. The first-order valence-electron chi connectivity index (χ1n) is 7.56. The topological polar surface area (TPSA) is 88.5 Å². The standard InChI is InChI=1S/C16H17FN6O/c1-11(6-7-23-10-18-9-20-23)21-16(24)13-8-19-22-15(13)12-4-2-3-5-14(12)17/h2-5,8-11H,6-7H2,1H3,(H,19,22)(H,21,24)/t11-/m1/s1. The number of benzene rings is 1. The van der Waals surface area contributed by atoms with Crippen LogP contribution in [0, 0.1) is 5.82 Å². The van der Waals surface area contributed by atoms with E-state index in [0.717, 1.165) is 0 Å². The number of amides is 1. The highest BCUT2D eigenvalue weighted by molar-refractivity contribution is 5.99. The van der Waals surface area contributed by atoms with Gasteiger partial charge in [-0.25, -0.2) is 9.37 Å². The molecule has 0 radical (unpaired) electrons. The third-order valence-electron chi connectivity index (χ3n) is 3.66. The SMILES string of the molecule is C[C@H](CCn1cncn1)NC(=O)c1cn[nH]c1-c1ccccc1F. The minimum Gasteiger partial charge on any atom is -0.349 e. The molecule has 0 spiro atoms. The number of hydrogen-bond acceptors (Lipinski definition) is 4. The molecule has 0 saturated carbocycles. The molecule has 2 heterocycles. The molecule has 1 atom stereocenters. The number of aryl methyl sites for hydroxylation is 1. The lowest BCUT2D eigenvalue weighted by Crippen LogP contribution is -2.33. The molecular weight excluding hydrogens is 311 g/mol. The van der Waals surface area contributed by atoms with Crippen LogP contribution >= 0.6 is 0 Å². The Balaban J connectivity index is 1.68. The van der Waals surface area contributed by atoms with Crippen molar-refractivity contribution in [3.05, 3.63) is 54.5 Å². The summed E-state index contributed by atoms with van der Waals surface area (Å²) in [5, 5.41) is 13.5. The van der Waals surface area contributed by atoms with Crippen molar-refractivity contribution in [3.63, 3.8) is 0 Å². The summed E-state index contributed by atoms with van der Waals surface area (Å²) in [6.07, 6.45) is 5.19. The van der Waals surface area contributed by atoms with Crippen molar-refractivity contribution in [2.75, 3.05) is 0 Å². The van der Waals surface area contributed by atoms with Gasteiger partial charge in [0.1, 0.15) is 18.5 Å². The molecule has 0 saturated heterocycles. The Labute approximate surface area is 137 Å². The predicted molar refractivity (Wildman–Crippen MR) is 85.5 cm³/mol. The molecule has 2 aromatic heterocycles. The zero-order valence-electron chi connectivity index (χ0n) is 13.1. The Hall–Kier alpha value is -3.03. The minimum absolute atomic E-state index is 0.0786. The van der Waals surface area contributed by atoms with E-state index in [0.29, 0.717) is 29.8 Å². The van der Waals surface area contributed by atoms with Crippen LogP contribution in [0.25, 0.3) is 11.3 Å². The van der Waals surface area contributed by atoms with Gasteiger partial charge in [-0.2, -0.15) is 10.2 Å². The number of halogens is 1. The summed E-state index contributed by atoms with van der Waals surface area (Å²) in [6, 6.07) is 6.18. The lowest BCUT2D eigenvalue weighted by atomic mass is 10.1. The van der Waals surface area contributed by atoms with Crippen molar-refractivity contribution in [2.45, 2.75) is 25.9 Å². The van der Waals surface area contributed by atoms with Gasteiger partial charge in [-0.05, 0) is 25.5 Å². The molecule has 0 bridgehead atoms. The van der Waals surface area contributed by atoms with Gasteiger partial charge in [-0.1, -0.05) is 12.1 Å². The molecule has 0 aliphatic rings. The first-order valence-corrected chi connectivity index (χ1v) is 7.56. The van der Waals surface area contributed by atoms with Crippen LogP contribution in [0.15, 0.2) is 43.1 Å². The van der Waals surface area contributed by atoms with Gasteiger partial charge < -0.3 is 5.32 Å². The zero-order valence-corrected chi connectivity index (χ0v) is 13.1. The molecule has 1 aromatic carbocycles. The van der Waals surface area contributed by atoms with Crippen LogP contribution in [0.1, 0.15) is 23.7 Å². The molecule has 7 nitrogen and oxygen atoms in total. The molecular formula is C16H17FN6O. The highest BCUT2D eigenvalue weighted by Gasteiger charge is 2.19. The number of nitrogens with one attached hydrogen (secondary N) is 2. The molecule has 2 N–H and O–H groups in total. The lowest BCUT2D eigenvalue weighted by molar-refractivity contribution is 0.0938. The van der Waals surface area contributed by atoms with Gasteiger partial charge >= 0.3 is 0 Å². The zero-order chi connectivity index (χ0) is 16.9. The Bertz CT molecular complexity index is 814. The van der Waals surface area contributed by atoms with E-state index in [4.69, 9.17) is 0 Å². The normalized spacial score (nSPS) is 12.1. The summed E-state index contributed by atoms with van der Waals surface area (Å²) in [6.45, 7) is 2.55. The van der Waals surface area contributed by atoms with Crippen molar-refractivity contribution in [3.8, 4) is 11.3 Å². The molecule has 24 heavy (non-hydrogen) atoms. The second-order valence-electron chi connectivity index (χ2n) is 5.46. The fourth-order valence-corrected chi connectivity index (χ4v) is 2.38. The Morgan fingerprint density at radius 2 is 2.25 bits per heavy atom. The average molecular weight is 328 g/mol. The second kappa shape index (κ2) is 7.03. The third-order valence-corrected chi connectivity index (χ3v) is 3.66. The monoisotopic (exact) mass is 328 g/mol. The number of hydrogen-bond donors (Lipinski definition) is 2. The number of nitrogens with zero attached hydrogens (tertiary/aromatic N) is 4. The predicted octanol–water partition coefficient (Wildman–Crippen LogP) is 2.02. The molecule has 8 heteroatoms. The highest BCUT2D eigenvalue weighted by Crippen LogP contribution is 2.23. The van der Waals surface area contributed by atoms with Crippen molar-refractivity contribution < 1.29 is 9.18 Å². The van der Waals surface area contributed by atoms with Crippen LogP contribution in [-0.4, -0.2) is 36.9 Å². The second-order valence-corrected chi connectivity index (χ2v) is 5.46. The van der Waals surface area contributed by atoms with Crippen molar-refractivity contribution in [1.82, 2.24) is 30.3 Å². The number of H-pyrrole nitrogens is 1. The van der Waals surface area contributed by atoms with E-state index in [1.165, 1.54) is 18.6 Å². The van der Waals surface area contributed by atoms with Crippen LogP contribution in [-0.2, 0) is 6.54 Å². The third kappa shape index (κ3) is 3.48. The summed E-state index contributed by atoms with van der Waals surface area (Å²) < 4.78 is 15.6. The number of rotatable bonds is 6. The lowest BCUT2D eigenvalue weighted by Gasteiger charge is -2.14. The molecule has 1 amide bonds. The van der Waals surface area contributed by atoms with E-state index >= 15 is 0 Å². The van der Waals surface area contributed by atoms with Gasteiger partial charge in [0.15, 0.2) is 0 Å². The van der Waals surface area contributed by atoms with Gasteiger partial charge in [-0.15, -0.1) is 0 Å². The summed E-state index contributed by atoms with van der Waals surface area (Å²) in [4.78, 5) is 16.3. The van der Waals surface area contributed by atoms with Gasteiger partial charge in [0.25, 0.3) is 5.91 Å². The van der Waals surface area contributed by atoms with Gasteiger partial charge in [0.2, 0.25) is 0 Å².